The molecule has 0 unspecified atom stereocenters. The van der Waals surface area contributed by atoms with Crippen molar-refractivity contribution in [3.8, 4) is 0 Å². The second kappa shape index (κ2) is 6.79. The fourth-order valence-electron chi connectivity index (χ4n) is 1.70. The molecule has 112 valence electrons. The number of hydrogen-bond acceptors (Lipinski definition) is 6. The lowest BCUT2D eigenvalue weighted by Gasteiger charge is -2.07. The molecule has 8 heteroatoms. The molecular formula is C13H14N2O4S2. The number of pyridine rings is 1. The van der Waals surface area contributed by atoms with Gasteiger partial charge in [0.2, 0.25) is 10.0 Å². The lowest BCUT2D eigenvalue weighted by Crippen LogP contribution is -2.27. The van der Waals surface area contributed by atoms with Crippen LogP contribution in [0, 0.1) is 0 Å². The molecule has 0 saturated heterocycles. The zero-order valence-electron chi connectivity index (χ0n) is 11.3. The lowest BCUT2D eigenvalue weighted by molar-refractivity contribution is 0.0602. The fraction of sp³-hybridized carbons (Fsp3) is 0.231. The van der Waals surface area contributed by atoms with E-state index >= 15 is 0 Å². The summed E-state index contributed by atoms with van der Waals surface area (Å²) in [6.45, 7) is 0.227. The van der Waals surface area contributed by atoms with Crippen LogP contribution in [0.5, 0.6) is 0 Å². The Bertz CT molecular complexity index is 711. The summed E-state index contributed by atoms with van der Waals surface area (Å²) in [5, 5.41) is 1.54. The highest BCUT2D eigenvalue weighted by Gasteiger charge is 2.24. The first-order valence-electron chi connectivity index (χ1n) is 6.09. The van der Waals surface area contributed by atoms with Gasteiger partial charge in [0.25, 0.3) is 0 Å². The Kier molecular flexibility index (Phi) is 5.05. The third-order valence-electron chi connectivity index (χ3n) is 2.72. The molecule has 0 atom stereocenters. The van der Waals surface area contributed by atoms with Crippen molar-refractivity contribution in [3.63, 3.8) is 0 Å². The van der Waals surface area contributed by atoms with Crippen LogP contribution in [0.25, 0.3) is 0 Å². The molecule has 21 heavy (non-hydrogen) atoms. The highest BCUT2D eigenvalue weighted by atomic mass is 32.2. The monoisotopic (exact) mass is 326 g/mol. The predicted octanol–water partition coefficient (Wildman–Crippen LogP) is 1.45. The van der Waals surface area contributed by atoms with E-state index in [2.05, 4.69) is 14.4 Å². The van der Waals surface area contributed by atoms with E-state index in [-0.39, 0.29) is 16.3 Å². The molecule has 0 aliphatic rings. The first-order chi connectivity index (χ1) is 10.0. The van der Waals surface area contributed by atoms with E-state index in [0.717, 1.165) is 16.9 Å². The smallest absolute Gasteiger partial charge is 0.349 e. The zero-order chi connectivity index (χ0) is 15.3. The quantitative estimate of drug-likeness (QED) is 0.812. The van der Waals surface area contributed by atoms with Gasteiger partial charge in [0, 0.05) is 18.9 Å². The number of ether oxygens (including phenoxy) is 1. The molecule has 0 radical (unpaired) electrons. The highest BCUT2D eigenvalue weighted by Crippen LogP contribution is 2.22. The van der Waals surface area contributed by atoms with Crippen molar-refractivity contribution >= 4 is 27.3 Å². The summed E-state index contributed by atoms with van der Waals surface area (Å²) in [5.74, 6) is -0.655. The summed E-state index contributed by atoms with van der Waals surface area (Å²) in [6.07, 6.45) is 3.85. The number of carbonyl (C=O) groups excluding carboxylic acids is 1. The Morgan fingerprint density at radius 2 is 2.24 bits per heavy atom. The van der Waals surface area contributed by atoms with E-state index in [1.807, 2.05) is 6.07 Å². The molecule has 0 saturated carbocycles. The van der Waals surface area contributed by atoms with Crippen molar-refractivity contribution in [2.24, 2.45) is 0 Å². The molecule has 2 heterocycles. The van der Waals surface area contributed by atoms with Crippen LogP contribution in [-0.4, -0.2) is 33.0 Å². The molecule has 1 N–H and O–H groups in total. The number of carbonyl (C=O) groups is 1. The highest BCUT2D eigenvalue weighted by molar-refractivity contribution is 7.89. The molecule has 0 aliphatic heterocycles. The van der Waals surface area contributed by atoms with Crippen molar-refractivity contribution in [3.05, 3.63) is 46.4 Å². The summed E-state index contributed by atoms with van der Waals surface area (Å²) in [7, 11) is -2.52. The summed E-state index contributed by atoms with van der Waals surface area (Å²) in [6, 6.07) is 5.05. The van der Waals surface area contributed by atoms with E-state index in [1.54, 1.807) is 23.8 Å². The summed E-state index contributed by atoms with van der Waals surface area (Å²) < 4.78 is 31.4. The van der Waals surface area contributed by atoms with Gasteiger partial charge in [-0.3, -0.25) is 4.98 Å². The number of esters is 1. The van der Waals surface area contributed by atoms with E-state index in [0.29, 0.717) is 6.42 Å². The number of nitrogens with one attached hydrogen (secondary N) is 1. The van der Waals surface area contributed by atoms with Crippen molar-refractivity contribution in [1.82, 2.24) is 9.71 Å². The van der Waals surface area contributed by atoms with Crippen LogP contribution >= 0.6 is 11.3 Å². The van der Waals surface area contributed by atoms with Gasteiger partial charge in [-0.1, -0.05) is 6.07 Å². The first-order valence-corrected chi connectivity index (χ1v) is 8.45. The van der Waals surface area contributed by atoms with Crippen LogP contribution < -0.4 is 4.72 Å². The van der Waals surface area contributed by atoms with Gasteiger partial charge in [-0.25, -0.2) is 17.9 Å². The van der Waals surface area contributed by atoms with Gasteiger partial charge in [0.1, 0.15) is 9.77 Å². The Morgan fingerprint density at radius 3 is 2.90 bits per heavy atom. The van der Waals surface area contributed by atoms with E-state index < -0.39 is 16.0 Å². The minimum absolute atomic E-state index is 0.0504. The lowest BCUT2D eigenvalue weighted by atomic mass is 10.2. The normalized spacial score (nSPS) is 11.3. The fourth-order valence-corrected chi connectivity index (χ4v) is 4.07. The molecule has 0 amide bonds. The maximum Gasteiger partial charge on any atom is 0.349 e. The number of sulfonamides is 1. The van der Waals surface area contributed by atoms with Crippen molar-refractivity contribution in [1.29, 1.82) is 0 Å². The summed E-state index contributed by atoms with van der Waals surface area (Å²) in [4.78, 5) is 15.5. The number of methoxy groups -OCH3 is 1. The second-order valence-corrected chi connectivity index (χ2v) is 6.77. The summed E-state index contributed by atoms with van der Waals surface area (Å²) >= 11 is 1.04. The Labute approximate surface area is 126 Å². The second-order valence-electron chi connectivity index (χ2n) is 4.11. The number of aromatic nitrogens is 1. The first kappa shape index (κ1) is 15.6. The van der Waals surface area contributed by atoms with Crippen molar-refractivity contribution in [2.75, 3.05) is 13.7 Å². The maximum atomic E-state index is 12.2. The molecule has 0 bridgehead atoms. The van der Waals surface area contributed by atoms with Crippen LogP contribution in [-0.2, 0) is 21.2 Å². The van der Waals surface area contributed by atoms with Gasteiger partial charge in [-0.2, -0.15) is 0 Å². The van der Waals surface area contributed by atoms with Gasteiger partial charge >= 0.3 is 5.97 Å². The summed E-state index contributed by atoms with van der Waals surface area (Å²) in [5.41, 5.74) is 0.929. The molecule has 2 aromatic heterocycles. The number of rotatable bonds is 6. The zero-order valence-corrected chi connectivity index (χ0v) is 12.9. The maximum absolute atomic E-state index is 12.2. The number of nitrogens with zero attached hydrogens (tertiary/aromatic N) is 1. The molecule has 0 aromatic carbocycles. The average molecular weight is 326 g/mol. The molecular weight excluding hydrogens is 312 g/mol. The molecule has 6 nitrogen and oxygen atoms in total. The van der Waals surface area contributed by atoms with Crippen LogP contribution in [0.2, 0.25) is 0 Å². The standard InChI is InChI=1S/C13H14N2O4S2/c1-19-13(16)12-11(5-8-20-12)21(17,18)15-7-4-10-3-2-6-14-9-10/h2-3,5-6,8-9,15H,4,7H2,1H3. The molecule has 0 fully saturated rings. The van der Waals surface area contributed by atoms with Gasteiger partial charge in [-0.05, 0) is 29.5 Å². The van der Waals surface area contributed by atoms with Crippen molar-refractivity contribution in [2.45, 2.75) is 11.3 Å². The van der Waals surface area contributed by atoms with E-state index in [1.165, 1.54) is 13.2 Å². The third-order valence-corrected chi connectivity index (χ3v) is 5.25. The van der Waals surface area contributed by atoms with Crippen LogP contribution in [0.1, 0.15) is 15.2 Å². The van der Waals surface area contributed by atoms with Crippen LogP contribution in [0.15, 0.2) is 40.9 Å². The minimum atomic E-state index is -3.73. The third kappa shape index (κ3) is 3.87. The van der Waals surface area contributed by atoms with E-state index in [9.17, 15) is 13.2 Å². The Morgan fingerprint density at radius 1 is 1.43 bits per heavy atom. The molecule has 0 spiro atoms. The SMILES string of the molecule is COC(=O)c1sccc1S(=O)(=O)NCCc1cccnc1. The Balaban J connectivity index is 2.06. The Hall–Kier alpha value is -1.77. The molecule has 2 aromatic rings. The van der Waals surface area contributed by atoms with Gasteiger partial charge in [0.05, 0.1) is 7.11 Å². The van der Waals surface area contributed by atoms with E-state index in [4.69, 9.17) is 0 Å². The molecule has 2 rings (SSSR count). The topological polar surface area (TPSA) is 85.4 Å². The predicted molar refractivity (Wildman–Crippen MR) is 78.8 cm³/mol. The van der Waals surface area contributed by atoms with Crippen LogP contribution in [0.3, 0.4) is 0 Å². The van der Waals surface area contributed by atoms with Crippen molar-refractivity contribution < 1.29 is 17.9 Å². The largest absolute Gasteiger partial charge is 0.465 e. The minimum Gasteiger partial charge on any atom is -0.465 e. The van der Waals surface area contributed by atoms with Gasteiger partial charge in [0.15, 0.2) is 0 Å². The van der Waals surface area contributed by atoms with Gasteiger partial charge in [-0.15, -0.1) is 11.3 Å². The van der Waals surface area contributed by atoms with Gasteiger partial charge < -0.3 is 4.74 Å². The number of thiophene rings is 1. The van der Waals surface area contributed by atoms with Crippen LogP contribution in [0.4, 0.5) is 0 Å². The number of hydrogen-bond donors (Lipinski definition) is 1. The average Bonchev–Trinajstić information content (AvgIpc) is 2.98. The molecule has 0 aliphatic carbocycles.